The Hall–Kier alpha value is -2.08. The molecule has 1 aromatic carbocycles. The Kier molecular flexibility index (Phi) is 3.49. The van der Waals surface area contributed by atoms with Gasteiger partial charge in [0.2, 0.25) is 5.88 Å². The van der Waals surface area contributed by atoms with E-state index in [2.05, 4.69) is 10.4 Å². The maximum atomic E-state index is 13.6. The molecule has 1 fully saturated rings. The maximum absolute atomic E-state index is 13.6. The summed E-state index contributed by atoms with van der Waals surface area (Å²) < 4.78 is 20.5. The third kappa shape index (κ3) is 2.79. The fourth-order valence-electron chi connectivity index (χ4n) is 2.64. The summed E-state index contributed by atoms with van der Waals surface area (Å²) in [5.74, 6) is 0.181. The van der Waals surface area contributed by atoms with Crippen molar-refractivity contribution >= 4 is 17.5 Å². The Morgan fingerprint density at radius 1 is 1.35 bits per heavy atom. The second-order valence-electron chi connectivity index (χ2n) is 5.87. The molecule has 0 radical (unpaired) electrons. The van der Waals surface area contributed by atoms with Crippen molar-refractivity contribution in [1.82, 2.24) is 15.1 Å². The molecule has 2 aliphatic rings. The van der Waals surface area contributed by atoms with Crippen LogP contribution in [-0.2, 0) is 6.54 Å². The van der Waals surface area contributed by atoms with E-state index in [1.807, 2.05) is 0 Å². The van der Waals surface area contributed by atoms with Gasteiger partial charge in [-0.15, -0.1) is 0 Å². The van der Waals surface area contributed by atoms with E-state index in [9.17, 15) is 9.18 Å². The van der Waals surface area contributed by atoms with Crippen molar-refractivity contribution in [2.45, 2.75) is 31.6 Å². The fraction of sp³-hybridized carbons (Fsp3) is 0.375. The summed E-state index contributed by atoms with van der Waals surface area (Å²) in [6.45, 7) is 0.0581. The van der Waals surface area contributed by atoms with Crippen LogP contribution in [-0.4, -0.2) is 34.5 Å². The standard InChI is InChI=1S/C16H15ClFN3O2/c17-10-3-1-9(2-4-10)13-14(15(22)19-12-5-6-12)20-21-7-11(18)8-23-16(13)21/h1-4,11-12H,5-8H2,(H,19,22). The molecule has 0 saturated heterocycles. The number of nitrogens with zero attached hydrogens (tertiary/aromatic N) is 2. The molecule has 2 aromatic rings. The number of nitrogens with one attached hydrogen (secondary N) is 1. The zero-order chi connectivity index (χ0) is 16.0. The largest absolute Gasteiger partial charge is 0.474 e. The number of benzene rings is 1. The Labute approximate surface area is 137 Å². The maximum Gasteiger partial charge on any atom is 0.272 e. The molecule has 1 N–H and O–H groups in total. The molecule has 1 aliphatic carbocycles. The predicted octanol–water partition coefficient (Wildman–Crippen LogP) is 2.83. The molecular weight excluding hydrogens is 321 g/mol. The number of fused-ring (bicyclic) bond motifs is 1. The summed E-state index contributed by atoms with van der Waals surface area (Å²) >= 11 is 5.93. The molecule has 1 atom stereocenters. The third-order valence-corrected chi connectivity index (χ3v) is 4.19. The average Bonchev–Trinajstić information content (AvgIpc) is 3.26. The van der Waals surface area contributed by atoms with Crippen molar-refractivity contribution in [3.05, 3.63) is 35.0 Å². The summed E-state index contributed by atoms with van der Waals surface area (Å²) in [6.07, 6.45) is 0.844. The van der Waals surface area contributed by atoms with Crippen LogP contribution in [0.5, 0.6) is 5.88 Å². The highest BCUT2D eigenvalue weighted by Gasteiger charge is 2.32. The zero-order valence-electron chi connectivity index (χ0n) is 12.3. The van der Waals surface area contributed by atoms with Gasteiger partial charge in [-0.3, -0.25) is 4.79 Å². The number of hydrogen-bond acceptors (Lipinski definition) is 3. The van der Waals surface area contributed by atoms with Gasteiger partial charge in [0.1, 0.15) is 6.61 Å². The van der Waals surface area contributed by atoms with Gasteiger partial charge in [0.15, 0.2) is 11.9 Å². The fourth-order valence-corrected chi connectivity index (χ4v) is 2.77. The van der Waals surface area contributed by atoms with E-state index in [4.69, 9.17) is 16.3 Å². The van der Waals surface area contributed by atoms with E-state index in [0.29, 0.717) is 16.5 Å². The number of aromatic nitrogens is 2. The highest BCUT2D eigenvalue weighted by molar-refractivity contribution is 6.30. The highest BCUT2D eigenvalue weighted by Crippen LogP contribution is 2.36. The van der Waals surface area contributed by atoms with Gasteiger partial charge in [0.25, 0.3) is 5.91 Å². The van der Waals surface area contributed by atoms with Gasteiger partial charge in [0, 0.05) is 11.1 Å². The van der Waals surface area contributed by atoms with Crippen molar-refractivity contribution in [2.24, 2.45) is 0 Å². The quantitative estimate of drug-likeness (QED) is 0.938. The molecule has 1 aliphatic heterocycles. The lowest BCUT2D eigenvalue weighted by atomic mass is 10.1. The molecule has 0 bridgehead atoms. The number of carbonyl (C=O) groups excluding carboxylic acids is 1. The first-order valence-electron chi connectivity index (χ1n) is 7.56. The van der Waals surface area contributed by atoms with Gasteiger partial charge < -0.3 is 10.1 Å². The van der Waals surface area contributed by atoms with E-state index in [0.717, 1.165) is 18.4 Å². The Morgan fingerprint density at radius 3 is 2.78 bits per heavy atom. The molecule has 5 nitrogen and oxygen atoms in total. The van der Waals surface area contributed by atoms with Crippen LogP contribution in [0.15, 0.2) is 24.3 Å². The number of rotatable bonds is 3. The summed E-state index contributed by atoms with van der Waals surface area (Å²) in [7, 11) is 0. The van der Waals surface area contributed by atoms with E-state index >= 15 is 0 Å². The van der Waals surface area contributed by atoms with Crippen molar-refractivity contribution in [3.8, 4) is 17.0 Å². The number of alkyl halides is 1. The summed E-state index contributed by atoms with van der Waals surface area (Å²) in [5.41, 5.74) is 1.63. The third-order valence-electron chi connectivity index (χ3n) is 3.94. The zero-order valence-corrected chi connectivity index (χ0v) is 13.0. The van der Waals surface area contributed by atoms with Crippen molar-refractivity contribution < 1.29 is 13.9 Å². The Bertz CT molecular complexity index is 755. The van der Waals surface area contributed by atoms with Crippen molar-refractivity contribution in [2.75, 3.05) is 6.61 Å². The first-order valence-corrected chi connectivity index (χ1v) is 7.94. The number of halogens is 2. The topological polar surface area (TPSA) is 56.2 Å². The van der Waals surface area contributed by atoms with E-state index in [1.54, 1.807) is 24.3 Å². The predicted molar refractivity (Wildman–Crippen MR) is 83.6 cm³/mol. The molecule has 2 heterocycles. The normalized spacial score (nSPS) is 19.8. The monoisotopic (exact) mass is 335 g/mol. The van der Waals surface area contributed by atoms with Crippen LogP contribution in [0.2, 0.25) is 5.02 Å². The van der Waals surface area contributed by atoms with Crippen molar-refractivity contribution in [1.29, 1.82) is 0 Å². The second kappa shape index (κ2) is 5.53. The second-order valence-corrected chi connectivity index (χ2v) is 6.31. The summed E-state index contributed by atoms with van der Waals surface area (Å²) in [5, 5.41) is 7.81. The van der Waals surface area contributed by atoms with Crippen LogP contribution in [0.4, 0.5) is 4.39 Å². The van der Waals surface area contributed by atoms with Crippen molar-refractivity contribution in [3.63, 3.8) is 0 Å². The highest BCUT2D eigenvalue weighted by atomic mass is 35.5. The van der Waals surface area contributed by atoms with Crippen LogP contribution < -0.4 is 10.1 Å². The van der Waals surface area contributed by atoms with Crippen LogP contribution in [0.3, 0.4) is 0 Å². The van der Waals surface area contributed by atoms with E-state index < -0.39 is 6.17 Å². The molecule has 120 valence electrons. The molecule has 7 heteroatoms. The first kappa shape index (κ1) is 14.5. The number of ether oxygens (including phenoxy) is 1. The number of amides is 1. The molecular formula is C16H15ClFN3O2. The number of hydrogen-bond donors (Lipinski definition) is 1. The molecule has 1 saturated carbocycles. The van der Waals surface area contributed by atoms with Gasteiger partial charge in [-0.2, -0.15) is 5.10 Å². The van der Waals surface area contributed by atoms with E-state index in [1.165, 1.54) is 4.68 Å². The van der Waals surface area contributed by atoms with Crippen LogP contribution >= 0.6 is 11.6 Å². The molecule has 23 heavy (non-hydrogen) atoms. The minimum Gasteiger partial charge on any atom is -0.474 e. The molecule has 1 aromatic heterocycles. The van der Waals surface area contributed by atoms with Gasteiger partial charge in [-0.05, 0) is 30.5 Å². The van der Waals surface area contributed by atoms with Crippen LogP contribution in [0, 0.1) is 0 Å². The lowest BCUT2D eigenvalue weighted by molar-refractivity contribution is 0.0944. The summed E-state index contributed by atoms with van der Waals surface area (Å²) in [4.78, 5) is 12.5. The molecule has 1 amide bonds. The van der Waals surface area contributed by atoms with Gasteiger partial charge in [-0.25, -0.2) is 9.07 Å². The minimum absolute atomic E-state index is 0.0318. The Balaban J connectivity index is 1.80. The van der Waals surface area contributed by atoms with Gasteiger partial charge in [0.05, 0.1) is 12.1 Å². The SMILES string of the molecule is O=C(NC1CC1)c1nn2c(c1-c1ccc(Cl)cc1)OCC(F)C2. The van der Waals surface area contributed by atoms with E-state index in [-0.39, 0.29) is 30.8 Å². The van der Waals surface area contributed by atoms with Gasteiger partial charge >= 0.3 is 0 Å². The minimum atomic E-state index is -1.13. The summed E-state index contributed by atoms with van der Waals surface area (Å²) in [6, 6.07) is 7.31. The average molecular weight is 336 g/mol. The smallest absolute Gasteiger partial charge is 0.272 e. The lowest BCUT2D eigenvalue weighted by Crippen LogP contribution is -2.27. The number of carbonyl (C=O) groups is 1. The lowest BCUT2D eigenvalue weighted by Gasteiger charge is -2.19. The van der Waals surface area contributed by atoms with Gasteiger partial charge in [-0.1, -0.05) is 23.7 Å². The molecule has 1 unspecified atom stereocenters. The molecule has 0 spiro atoms. The van der Waals surface area contributed by atoms with Crippen LogP contribution in [0.25, 0.3) is 11.1 Å². The molecule has 4 rings (SSSR count). The Morgan fingerprint density at radius 2 is 2.09 bits per heavy atom. The first-order chi connectivity index (χ1) is 11.1. The van der Waals surface area contributed by atoms with Crippen LogP contribution in [0.1, 0.15) is 23.3 Å².